The Morgan fingerprint density at radius 3 is 2.44 bits per heavy atom. The predicted molar refractivity (Wildman–Crippen MR) is 110 cm³/mol. The lowest BCUT2D eigenvalue weighted by Crippen LogP contribution is -2.56. The fourth-order valence-corrected chi connectivity index (χ4v) is 10.3. The van der Waals surface area contributed by atoms with Crippen molar-refractivity contribution in [2.75, 3.05) is 7.05 Å². The Labute approximate surface area is 165 Å². The Morgan fingerprint density at radius 2 is 1.78 bits per heavy atom. The van der Waals surface area contributed by atoms with Crippen LogP contribution in [0.1, 0.15) is 79.6 Å². The van der Waals surface area contributed by atoms with E-state index in [4.69, 9.17) is 0 Å². The van der Waals surface area contributed by atoms with Crippen LogP contribution in [0.4, 0.5) is 0 Å². The molecule has 7 unspecified atom stereocenters. The molecule has 4 saturated carbocycles. The molecule has 4 fully saturated rings. The first-order valence-corrected chi connectivity index (χ1v) is 11.6. The van der Waals surface area contributed by atoms with E-state index < -0.39 is 0 Å². The molecule has 0 amide bonds. The van der Waals surface area contributed by atoms with Crippen LogP contribution in [0.25, 0.3) is 0 Å². The first-order valence-electron chi connectivity index (χ1n) is 11.6. The molecule has 0 aromatic rings. The third kappa shape index (κ3) is 1.82. The van der Waals surface area contributed by atoms with Gasteiger partial charge in [0.2, 0.25) is 0 Å². The van der Waals surface area contributed by atoms with E-state index in [0.29, 0.717) is 28.1 Å². The maximum atomic E-state index is 12.3. The molecule has 5 aliphatic carbocycles. The minimum absolute atomic E-state index is 0.162. The Bertz CT molecular complexity index is 722. The van der Waals surface area contributed by atoms with Crippen LogP contribution < -0.4 is 5.32 Å². The van der Waals surface area contributed by atoms with Crippen LogP contribution in [0.2, 0.25) is 0 Å². The second-order valence-corrected chi connectivity index (χ2v) is 11.7. The number of nitrogens with one attached hydrogen (secondary N) is 1. The summed E-state index contributed by atoms with van der Waals surface area (Å²) in [7, 11) is 2.17. The SMILES string of the molecule is CNC1CCC23C(CCC4C5CC=C(C(C)=O)C5(C)CCC42[C@@H]3C)C1(C)C. The first kappa shape index (κ1) is 18.4. The minimum Gasteiger partial charge on any atom is -0.316 e. The van der Waals surface area contributed by atoms with E-state index >= 15 is 0 Å². The molecule has 1 N–H and O–H groups in total. The summed E-state index contributed by atoms with van der Waals surface area (Å²) >= 11 is 0. The van der Waals surface area contributed by atoms with Crippen molar-refractivity contribution in [3.63, 3.8) is 0 Å². The van der Waals surface area contributed by atoms with E-state index in [9.17, 15) is 4.79 Å². The Morgan fingerprint density at radius 1 is 1.04 bits per heavy atom. The average Bonchev–Trinajstić information content (AvgIpc) is 2.93. The summed E-state index contributed by atoms with van der Waals surface area (Å²) in [5.74, 6) is 3.65. The van der Waals surface area contributed by atoms with E-state index in [2.05, 4.69) is 46.1 Å². The highest BCUT2D eigenvalue weighted by Gasteiger charge is 2.84. The van der Waals surface area contributed by atoms with Gasteiger partial charge in [0.1, 0.15) is 0 Å². The van der Waals surface area contributed by atoms with Gasteiger partial charge in [-0.25, -0.2) is 0 Å². The number of carbonyl (C=O) groups is 1. The van der Waals surface area contributed by atoms with Gasteiger partial charge in [-0.1, -0.05) is 33.8 Å². The summed E-state index contributed by atoms with van der Waals surface area (Å²) in [6, 6.07) is 0.667. The number of carbonyl (C=O) groups excluding carboxylic acids is 1. The van der Waals surface area contributed by atoms with Crippen molar-refractivity contribution >= 4 is 5.78 Å². The number of rotatable bonds is 2. The minimum atomic E-state index is 0.162. The standard InChI is InChI=1S/C25H39NO/c1-15(27)17-7-8-18-19-9-10-20-22(3,4)21(26-6)11-12-25(20)16(2)24(19,25)14-13-23(17,18)5/h7,16,18-21,26H,8-14H2,1-6H3/t16-,18?,19?,20?,21?,23?,24?,25?/m0/s1. The largest absolute Gasteiger partial charge is 0.316 e. The highest BCUT2D eigenvalue weighted by molar-refractivity contribution is 5.95. The quantitative estimate of drug-likeness (QED) is 0.708. The molecule has 5 aliphatic rings. The lowest BCUT2D eigenvalue weighted by molar-refractivity contribution is -0.117. The predicted octanol–water partition coefficient (Wildman–Crippen LogP) is 5.38. The molecule has 2 heteroatoms. The molecular formula is C25H39NO. The molecule has 27 heavy (non-hydrogen) atoms. The zero-order chi connectivity index (χ0) is 19.4. The van der Waals surface area contributed by atoms with Crippen LogP contribution in [-0.4, -0.2) is 18.9 Å². The van der Waals surface area contributed by atoms with Crippen LogP contribution in [0.5, 0.6) is 0 Å². The van der Waals surface area contributed by atoms with Crippen LogP contribution in [0.3, 0.4) is 0 Å². The summed E-state index contributed by atoms with van der Waals surface area (Å²) in [6.07, 6.45) is 11.7. The molecule has 0 aromatic carbocycles. The molecule has 0 heterocycles. The number of allylic oxidation sites excluding steroid dienone is 2. The second-order valence-electron chi connectivity index (χ2n) is 11.7. The maximum absolute atomic E-state index is 12.3. The van der Waals surface area contributed by atoms with E-state index in [1.165, 1.54) is 44.1 Å². The normalized spacial score (nSPS) is 54.9. The van der Waals surface area contributed by atoms with E-state index in [1.54, 1.807) is 6.92 Å². The van der Waals surface area contributed by atoms with Gasteiger partial charge in [-0.3, -0.25) is 4.79 Å². The molecular weight excluding hydrogens is 330 g/mol. The lowest BCUT2D eigenvalue weighted by atomic mass is 9.46. The molecule has 2 nitrogen and oxygen atoms in total. The molecule has 0 aromatic heterocycles. The van der Waals surface area contributed by atoms with Gasteiger partial charge >= 0.3 is 0 Å². The van der Waals surface area contributed by atoms with Gasteiger partial charge in [0.05, 0.1) is 0 Å². The number of hydrogen-bond donors (Lipinski definition) is 1. The molecule has 2 spiro atoms. The van der Waals surface area contributed by atoms with Crippen molar-refractivity contribution in [3.05, 3.63) is 11.6 Å². The third-order valence-corrected chi connectivity index (χ3v) is 11.3. The summed E-state index contributed by atoms with van der Waals surface area (Å²) in [5, 5.41) is 3.66. The van der Waals surface area contributed by atoms with Gasteiger partial charge in [0.25, 0.3) is 0 Å². The van der Waals surface area contributed by atoms with Crippen molar-refractivity contribution in [1.29, 1.82) is 0 Å². The molecule has 0 radical (unpaired) electrons. The molecule has 0 saturated heterocycles. The summed E-state index contributed by atoms with van der Waals surface area (Å²) in [6.45, 7) is 11.9. The Kier molecular flexibility index (Phi) is 3.61. The lowest BCUT2D eigenvalue weighted by Gasteiger charge is -2.59. The number of fused-ring (bicyclic) bond motifs is 2. The molecule has 150 valence electrons. The van der Waals surface area contributed by atoms with Gasteiger partial charge in [-0.05, 0) is 110 Å². The van der Waals surface area contributed by atoms with E-state index in [1.807, 2.05) is 0 Å². The van der Waals surface area contributed by atoms with Gasteiger partial charge in [0.15, 0.2) is 5.78 Å². The average molecular weight is 370 g/mol. The molecule has 8 atom stereocenters. The zero-order valence-corrected chi connectivity index (χ0v) is 18.3. The van der Waals surface area contributed by atoms with Crippen LogP contribution in [0.15, 0.2) is 11.6 Å². The number of Topliss-reactive ketones (excluding diaryl/α,β-unsaturated/α-hetero) is 1. The molecule has 5 rings (SSSR count). The van der Waals surface area contributed by atoms with E-state index in [0.717, 1.165) is 30.1 Å². The first-order chi connectivity index (χ1) is 12.7. The Balaban J connectivity index is 1.53. The number of ketones is 1. The van der Waals surface area contributed by atoms with Gasteiger partial charge in [0, 0.05) is 6.04 Å². The van der Waals surface area contributed by atoms with Crippen LogP contribution >= 0.6 is 0 Å². The van der Waals surface area contributed by atoms with Crippen molar-refractivity contribution < 1.29 is 4.79 Å². The van der Waals surface area contributed by atoms with Crippen molar-refractivity contribution in [2.24, 2.45) is 45.3 Å². The second kappa shape index (κ2) is 5.29. The number of hydrogen-bond acceptors (Lipinski definition) is 2. The van der Waals surface area contributed by atoms with Gasteiger partial charge in [-0.15, -0.1) is 0 Å². The Hall–Kier alpha value is -0.630. The maximum Gasteiger partial charge on any atom is 0.156 e. The van der Waals surface area contributed by atoms with Gasteiger partial charge in [-0.2, -0.15) is 0 Å². The monoisotopic (exact) mass is 369 g/mol. The van der Waals surface area contributed by atoms with Crippen molar-refractivity contribution in [1.82, 2.24) is 5.32 Å². The summed E-state index contributed by atoms with van der Waals surface area (Å²) in [4.78, 5) is 12.3. The topological polar surface area (TPSA) is 29.1 Å². The van der Waals surface area contributed by atoms with Crippen LogP contribution in [0, 0.1) is 45.3 Å². The third-order valence-electron chi connectivity index (χ3n) is 11.3. The van der Waals surface area contributed by atoms with E-state index in [-0.39, 0.29) is 5.41 Å². The fourth-order valence-electron chi connectivity index (χ4n) is 10.3. The fraction of sp³-hybridized carbons (Fsp3) is 0.880. The van der Waals surface area contributed by atoms with Gasteiger partial charge < -0.3 is 5.32 Å². The van der Waals surface area contributed by atoms with Crippen molar-refractivity contribution in [3.8, 4) is 0 Å². The van der Waals surface area contributed by atoms with Crippen molar-refractivity contribution in [2.45, 2.75) is 85.6 Å². The molecule has 0 bridgehead atoms. The highest BCUT2D eigenvalue weighted by Crippen LogP contribution is 2.89. The zero-order valence-electron chi connectivity index (χ0n) is 18.3. The summed E-state index contributed by atoms with van der Waals surface area (Å²) in [5.41, 5.74) is 2.90. The smallest absolute Gasteiger partial charge is 0.156 e. The van der Waals surface area contributed by atoms with Crippen LogP contribution in [-0.2, 0) is 4.79 Å². The summed E-state index contributed by atoms with van der Waals surface area (Å²) < 4.78 is 0. The molecule has 0 aliphatic heterocycles. The highest BCUT2D eigenvalue weighted by atomic mass is 16.1.